The van der Waals surface area contributed by atoms with Gasteiger partial charge in [0.05, 0.1) is 19.3 Å². The van der Waals surface area contributed by atoms with E-state index in [1.54, 1.807) is 6.07 Å². The molecule has 0 unspecified atom stereocenters. The van der Waals surface area contributed by atoms with Gasteiger partial charge >= 0.3 is 0 Å². The quantitative estimate of drug-likeness (QED) is 0.406. The maximum absolute atomic E-state index is 10.0. The van der Waals surface area contributed by atoms with Gasteiger partial charge in [-0.1, -0.05) is 0 Å². The van der Waals surface area contributed by atoms with Crippen molar-refractivity contribution < 1.29 is 20.1 Å². The van der Waals surface area contributed by atoms with Gasteiger partial charge in [0.1, 0.15) is 35.2 Å². The number of anilines is 1. The van der Waals surface area contributed by atoms with Crippen molar-refractivity contribution in [2.75, 3.05) is 24.8 Å². The topological polar surface area (TPSA) is 132 Å². The number of hydrogen-bond acceptors (Lipinski definition) is 9. The molecule has 21 heavy (non-hydrogen) atoms. The molecule has 2 rings (SSSR count). The number of aliphatic hydroxyl groups excluding tert-OH is 3. The lowest BCUT2D eigenvalue weighted by Crippen LogP contribution is -2.56. The van der Waals surface area contributed by atoms with Crippen molar-refractivity contribution in [3.8, 4) is 6.07 Å². The maximum atomic E-state index is 10.0. The lowest BCUT2D eigenvalue weighted by molar-refractivity contribution is -0.152. The standard InChI is InChI=1S/C12H16N4O4S/c1-21-10-2-8(15-9(3-13)16-10)14-6-5-20-7(4-17)12(19)11(6)18/h2,6-7,11-12,17-19H,4-5H2,1H3,(H,14,15,16)/t6-,7+,11+,12-/m0/s1. The van der Waals surface area contributed by atoms with E-state index in [-0.39, 0.29) is 19.0 Å². The summed E-state index contributed by atoms with van der Waals surface area (Å²) in [7, 11) is 0. The summed E-state index contributed by atoms with van der Waals surface area (Å²) in [4.78, 5) is 8.00. The molecule has 1 aromatic rings. The Morgan fingerprint density at radius 3 is 2.86 bits per heavy atom. The Hall–Kier alpha value is -1.44. The summed E-state index contributed by atoms with van der Waals surface area (Å²) in [5.74, 6) is 0.387. The van der Waals surface area contributed by atoms with Gasteiger partial charge in [-0.15, -0.1) is 11.8 Å². The lowest BCUT2D eigenvalue weighted by Gasteiger charge is -2.37. The largest absolute Gasteiger partial charge is 0.394 e. The van der Waals surface area contributed by atoms with E-state index in [1.165, 1.54) is 11.8 Å². The van der Waals surface area contributed by atoms with E-state index in [0.29, 0.717) is 10.8 Å². The van der Waals surface area contributed by atoms with E-state index in [9.17, 15) is 10.2 Å². The molecule has 114 valence electrons. The number of nitriles is 1. The number of aromatic nitrogens is 2. The summed E-state index contributed by atoms with van der Waals surface area (Å²) in [5.41, 5.74) is 0. The Balaban J connectivity index is 2.13. The highest BCUT2D eigenvalue weighted by molar-refractivity contribution is 7.98. The fraction of sp³-hybridized carbons (Fsp3) is 0.583. The Morgan fingerprint density at radius 1 is 1.48 bits per heavy atom. The van der Waals surface area contributed by atoms with Crippen molar-refractivity contribution in [1.82, 2.24) is 9.97 Å². The van der Waals surface area contributed by atoms with Crippen molar-refractivity contribution >= 4 is 17.6 Å². The Morgan fingerprint density at radius 2 is 2.24 bits per heavy atom. The van der Waals surface area contributed by atoms with Gasteiger partial charge in [-0.3, -0.25) is 0 Å². The number of ether oxygens (including phenoxy) is 1. The monoisotopic (exact) mass is 312 g/mol. The molecule has 1 saturated heterocycles. The first-order chi connectivity index (χ1) is 10.1. The minimum atomic E-state index is -1.20. The third-order valence-electron chi connectivity index (χ3n) is 3.16. The molecule has 9 heteroatoms. The fourth-order valence-electron chi connectivity index (χ4n) is 2.01. The van der Waals surface area contributed by atoms with Crippen LogP contribution >= 0.6 is 11.8 Å². The van der Waals surface area contributed by atoms with Gasteiger partial charge in [0, 0.05) is 6.07 Å². The Labute approximate surface area is 125 Å². The summed E-state index contributed by atoms with van der Waals surface area (Å²) in [6, 6.07) is 2.91. The zero-order valence-electron chi connectivity index (χ0n) is 11.3. The van der Waals surface area contributed by atoms with E-state index in [2.05, 4.69) is 15.3 Å². The summed E-state index contributed by atoms with van der Waals surface area (Å²) >= 11 is 1.36. The molecule has 4 N–H and O–H groups in total. The molecule has 1 aliphatic heterocycles. The van der Waals surface area contributed by atoms with Crippen molar-refractivity contribution in [2.45, 2.75) is 29.4 Å². The Bertz CT molecular complexity index is 538. The fourth-order valence-corrected chi connectivity index (χ4v) is 2.42. The van der Waals surface area contributed by atoms with E-state index in [1.807, 2.05) is 12.3 Å². The molecule has 1 fully saturated rings. The second-order valence-corrected chi connectivity index (χ2v) is 5.34. The third-order valence-corrected chi connectivity index (χ3v) is 3.79. The molecule has 0 saturated carbocycles. The van der Waals surface area contributed by atoms with E-state index in [0.717, 1.165) is 0 Å². The predicted octanol–water partition coefficient (Wildman–Crippen LogP) is -1.04. The van der Waals surface area contributed by atoms with Crippen LogP contribution in [-0.4, -0.2) is 69.1 Å². The van der Waals surface area contributed by atoms with Crippen LogP contribution in [0.5, 0.6) is 0 Å². The van der Waals surface area contributed by atoms with Gasteiger partial charge < -0.3 is 25.4 Å². The predicted molar refractivity (Wildman–Crippen MR) is 74.8 cm³/mol. The van der Waals surface area contributed by atoms with E-state index >= 15 is 0 Å². The van der Waals surface area contributed by atoms with Crippen LogP contribution in [0.4, 0.5) is 5.82 Å². The number of rotatable bonds is 4. The normalized spacial score (nSPS) is 28.9. The molecule has 0 amide bonds. The summed E-state index contributed by atoms with van der Waals surface area (Å²) in [6.45, 7) is -0.266. The molecule has 8 nitrogen and oxygen atoms in total. The number of nitrogens with zero attached hydrogens (tertiary/aromatic N) is 3. The van der Waals surface area contributed by atoms with Gasteiger partial charge in [-0.2, -0.15) is 5.26 Å². The van der Waals surface area contributed by atoms with Crippen LogP contribution in [0.3, 0.4) is 0 Å². The first-order valence-electron chi connectivity index (χ1n) is 6.27. The van der Waals surface area contributed by atoms with Crippen LogP contribution in [0.25, 0.3) is 0 Å². The summed E-state index contributed by atoms with van der Waals surface area (Å²) in [6.07, 6.45) is -1.30. The highest BCUT2D eigenvalue weighted by atomic mass is 32.2. The van der Waals surface area contributed by atoms with Gasteiger partial charge in [0.25, 0.3) is 0 Å². The van der Waals surface area contributed by atoms with Crippen molar-refractivity contribution in [3.05, 3.63) is 11.9 Å². The second kappa shape index (κ2) is 7.02. The van der Waals surface area contributed by atoms with Crippen molar-refractivity contribution in [2.24, 2.45) is 0 Å². The van der Waals surface area contributed by atoms with Crippen LogP contribution in [-0.2, 0) is 4.74 Å². The van der Waals surface area contributed by atoms with Crippen LogP contribution < -0.4 is 5.32 Å². The van der Waals surface area contributed by atoms with Gasteiger partial charge in [-0.25, -0.2) is 9.97 Å². The number of thioether (sulfide) groups is 1. The van der Waals surface area contributed by atoms with E-state index in [4.69, 9.17) is 15.1 Å². The lowest BCUT2D eigenvalue weighted by atomic mass is 9.98. The highest BCUT2D eigenvalue weighted by Gasteiger charge is 2.38. The minimum absolute atomic E-state index is 0.0179. The minimum Gasteiger partial charge on any atom is -0.394 e. The maximum Gasteiger partial charge on any atom is 0.235 e. The molecule has 0 spiro atoms. The molecule has 0 bridgehead atoms. The van der Waals surface area contributed by atoms with Crippen LogP contribution in [0, 0.1) is 11.3 Å². The second-order valence-electron chi connectivity index (χ2n) is 4.52. The average molecular weight is 312 g/mol. The highest BCUT2D eigenvalue weighted by Crippen LogP contribution is 2.21. The third kappa shape index (κ3) is 3.61. The first-order valence-corrected chi connectivity index (χ1v) is 7.49. The Kier molecular flexibility index (Phi) is 5.33. The average Bonchev–Trinajstić information content (AvgIpc) is 2.51. The van der Waals surface area contributed by atoms with Gasteiger partial charge in [0.15, 0.2) is 0 Å². The SMILES string of the molecule is CSc1cc(N[C@H]2CO[C@H](CO)[C@H](O)[C@@H]2O)nc(C#N)n1. The van der Waals surface area contributed by atoms with Crippen LogP contribution in [0.15, 0.2) is 11.1 Å². The number of hydrogen-bond donors (Lipinski definition) is 4. The van der Waals surface area contributed by atoms with Gasteiger partial charge in [0.2, 0.25) is 5.82 Å². The summed E-state index contributed by atoms with van der Waals surface area (Å²) in [5, 5.41) is 41.3. The molecular formula is C12H16N4O4S. The molecule has 0 aromatic carbocycles. The molecular weight excluding hydrogens is 296 g/mol. The van der Waals surface area contributed by atoms with E-state index < -0.39 is 24.4 Å². The smallest absolute Gasteiger partial charge is 0.235 e. The van der Waals surface area contributed by atoms with Gasteiger partial charge in [-0.05, 0) is 6.26 Å². The van der Waals surface area contributed by atoms with Crippen molar-refractivity contribution in [3.63, 3.8) is 0 Å². The zero-order valence-corrected chi connectivity index (χ0v) is 12.1. The molecule has 0 aliphatic carbocycles. The zero-order chi connectivity index (χ0) is 15.4. The molecule has 1 aromatic heterocycles. The number of aliphatic hydroxyl groups is 3. The van der Waals surface area contributed by atoms with Crippen molar-refractivity contribution in [1.29, 1.82) is 5.26 Å². The summed E-state index contributed by atoms with van der Waals surface area (Å²) < 4.78 is 5.27. The molecule has 2 heterocycles. The first kappa shape index (κ1) is 15.9. The number of nitrogens with one attached hydrogen (secondary N) is 1. The van der Waals surface area contributed by atoms with Crippen LogP contribution in [0.2, 0.25) is 0 Å². The molecule has 0 radical (unpaired) electrons. The van der Waals surface area contributed by atoms with Crippen LogP contribution in [0.1, 0.15) is 5.82 Å². The molecule has 1 aliphatic rings. The molecule has 4 atom stereocenters.